The molecule has 0 aliphatic rings. The standard InChI is InChI=1S/C24H30N3.C20H24N3Si.C18H15N4.C17H14F2N3.C17H15FN3.5Ir/c1-15(2)18-12-21(16(3)4)23(22(13-18)17(5)6)19-10-8-9-11-20(19)24-25-14-26-27(24)7;1-14-8-7-9-15(2)19(14)18-12-16(24(4,5)6)10-11-17(18)20-21-13-22-23(20)3;1-12-5-4-6-13(2)17(12)16-9-14(10-19)7-8-15(16)18-20-11-21-22(18)3;1-10-5-4-6-11(2)15(10)16-13(7-12(18)8-14(16)19)17-20-9-21-22(17)3;1-11-5-4-6-12(2)16(11)15-9-13(18)7-8-14(15)17-19-10-20-21(17)3;;;;;/h8-10,12-17H,1-7H3;7-10,12-13H,1-6H3;4-7,9,11H,1-3H3;4-6,8-9H,1-3H3;4-7,9-10H,1-3H3;;;;;/q5*-1;;;;;. The van der Waals surface area contributed by atoms with Crippen molar-refractivity contribution < 1.29 is 114 Å². The predicted molar refractivity (Wildman–Crippen MR) is 461 cm³/mol. The SMILES string of the molecule is CC(C)c1cc(C(C)C)c(-c2ccc[c-]c2-c2ncnn2C)c(C(C)C)c1.Cc1cccc(C)c1-c1c(-c2ncnn2C)[c-]c(F)cc1F.Cc1cccc(C)c1-c1cc(C#N)c[c-]c1-c1ncnn1C.Cc1cccc(C)c1-c1cc(F)c[c-]c1-c1ncnn1C.Cc1cccc(C)c1-c1cc([Si](C)(C)C)c[c-]c1-c1ncnn1C.[Ir].[Ir].[Ir].[Ir].[Ir]. The van der Waals surface area contributed by atoms with E-state index in [-0.39, 0.29) is 112 Å². The average Bonchev–Trinajstić information content (AvgIpc) is 1.63. The summed E-state index contributed by atoms with van der Waals surface area (Å²) in [6.07, 6.45) is 7.57. The minimum Gasteiger partial charge on any atom is -0.289 e. The molecule has 15 rings (SSSR count). The van der Waals surface area contributed by atoms with Gasteiger partial charge in [-0.15, -0.1) is 90.1 Å². The van der Waals surface area contributed by atoms with Crippen molar-refractivity contribution in [2.45, 2.75) is 134 Å². The summed E-state index contributed by atoms with van der Waals surface area (Å²) in [5, 5.41) is 31.3. The first-order chi connectivity index (χ1) is 55.3. The molecule has 0 spiro atoms. The zero-order chi connectivity index (χ0) is 83.7. The summed E-state index contributed by atoms with van der Waals surface area (Å²) < 4.78 is 50.5. The molecule has 0 unspecified atom stereocenters. The molecule has 25 heteroatoms. The van der Waals surface area contributed by atoms with Gasteiger partial charge in [-0.05, 0) is 95.4 Å². The number of nitrogens with zero attached hydrogens (tertiary/aromatic N) is 16. The normalized spacial score (nSPS) is 10.7. The number of hydrogen-bond acceptors (Lipinski definition) is 11. The number of aryl methyl sites for hydroxylation is 13. The van der Waals surface area contributed by atoms with E-state index in [4.69, 9.17) is 0 Å². The molecule has 121 heavy (non-hydrogen) atoms. The van der Waals surface area contributed by atoms with E-state index in [1.807, 2.05) is 120 Å². The molecule has 5 radical (unpaired) electrons. The van der Waals surface area contributed by atoms with Crippen LogP contribution in [0, 0.1) is 115 Å². The zero-order valence-corrected chi connectivity index (χ0v) is 84.9. The van der Waals surface area contributed by atoms with Crippen LogP contribution in [0.5, 0.6) is 0 Å². The summed E-state index contributed by atoms with van der Waals surface area (Å²) in [6.45, 7) is 37.1. The van der Waals surface area contributed by atoms with Gasteiger partial charge in [0.2, 0.25) is 0 Å². The Morgan fingerprint density at radius 3 is 1.05 bits per heavy atom. The summed E-state index contributed by atoms with van der Waals surface area (Å²) in [5.74, 6) is 3.17. The molecule has 16 nitrogen and oxygen atoms in total. The minimum absolute atomic E-state index is 0. The Hall–Kier alpha value is -9.36. The third-order valence-corrected chi connectivity index (χ3v) is 22.7. The predicted octanol–water partition coefficient (Wildman–Crippen LogP) is 21.4. The molecular weight excluding hydrogens is 2420 g/mol. The fourth-order valence-corrected chi connectivity index (χ4v) is 15.8. The Morgan fingerprint density at radius 1 is 0.364 bits per heavy atom. The van der Waals surface area contributed by atoms with Crippen LogP contribution >= 0.6 is 0 Å². The van der Waals surface area contributed by atoms with Crippen LogP contribution < -0.4 is 5.19 Å². The van der Waals surface area contributed by atoms with Crippen LogP contribution in [-0.4, -0.2) is 81.9 Å². The van der Waals surface area contributed by atoms with Gasteiger partial charge in [0.1, 0.15) is 31.6 Å². The van der Waals surface area contributed by atoms with E-state index in [0.717, 1.165) is 107 Å². The summed E-state index contributed by atoms with van der Waals surface area (Å²) in [6, 6.07) is 65.1. The molecule has 0 aliphatic heterocycles. The Labute approximate surface area is 779 Å². The molecule has 637 valence electrons. The largest absolute Gasteiger partial charge is 0.289 e. The second-order valence-corrected chi connectivity index (χ2v) is 36.2. The van der Waals surface area contributed by atoms with Crippen molar-refractivity contribution in [2.24, 2.45) is 35.2 Å². The summed E-state index contributed by atoms with van der Waals surface area (Å²) >= 11 is 0. The van der Waals surface area contributed by atoms with Gasteiger partial charge in [0.25, 0.3) is 0 Å². The Balaban J connectivity index is 0.000000232. The first kappa shape index (κ1) is 100. The smallest absolute Gasteiger partial charge is 0.127 e. The van der Waals surface area contributed by atoms with Gasteiger partial charge in [-0.3, -0.25) is 52.7 Å². The molecule has 5 aromatic heterocycles. The first-order valence-corrected chi connectivity index (χ1v) is 42.1. The Bertz CT molecular complexity index is 5990. The molecule has 10 aromatic carbocycles. The maximum Gasteiger partial charge on any atom is 0.127 e. The maximum absolute atomic E-state index is 14.6. The van der Waals surface area contributed by atoms with Crippen molar-refractivity contribution in [1.29, 1.82) is 5.26 Å². The van der Waals surface area contributed by atoms with Gasteiger partial charge in [-0.25, -0.2) is 14.0 Å². The molecule has 0 amide bonds. The molecule has 0 aliphatic carbocycles. The molecule has 0 N–H and O–H groups in total. The summed E-state index contributed by atoms with van der Waals surface area (Å²) in [4.78, 5) is 21.6. The quantitative estimate of drug-likeness (QED) is 0.0747. The molecule has 15 aromatic rings. The minimum atomic E-state index is -1.43. The van der Waals surface area contributed by atoms with Gasteiger partial charge in [-0.1, -0.05) is 280 Å². The molecule has 0 fully saturated rings. The van der Waals surface area contributed by atoms with E-state index in [0.29, 0.717) is 40.5 Å². The summed E-state index contributed by atoms with van der Waals surface area (Å²) in [7, 11) is 7.77. The fraction of sp³-hybridized carbons (Fsp3) is 0.260. The van der Waals surface area contributed by atoms with E-state index in [2.05, 4.69) is 242 Å². The van der Waals surface area contributed by atoms with E-state index >= 15 is 0 Å². The van der Waals surface area contributed by atoms with Crippen LogP contribution in [0.1, 0.15) is 126 Å². The Morgan fingerprint density at radius 2 is 0.702 bits per heavy atom. The molecule has 0 saturated carbocycles. The van der Waals surface area contributed by atoms with E-state index in [9.17, 15) is 18.4 Å². The molecule has 0 bridgehead atoms. The van der Waals surface area contributed by atoms with Crippen molar-refractivity contribution in [1.82, 2.24) is 73.8 Å². The van der Waals surface area contributed by atoms with E-state index in [1.165, 1.54) is 91.1 Å². The van der Waals surface area contributed by atoms with Crippen molar-refractivity contribution in [3.8, 4) is 119 Å². The summed E-state index contributed by atoms with van der Waals surface area (Å²) in [5.41, 5.74) is 27.5. The number of halogens is 3. The first-order valence-electron chi connectivity index (χ1n) is 38.6. The van der Waals surface area contributed by atoms with Crippen LogP contribution in [0.2, 0.25) is 19.6 Å². The van der Waals surface area contributed by atoms with E-state index in [1.54, 1.807) is 35.1 Å². The number of hydrogen-bond donors (Lipinski definition) is 0. The van der Waals surface area contributed by atoms with Gasteiger partial charge in [0, 0.05) is 162 Å². The topological polar surface area (TPSA) is 177 Å². The number of benzene rings is 10. The Kier molecular flexibility index (Phi) is 36.6. The fourth-order valence-electron chi connectivity index (χ4n) is 14.7. The van der Waals surface area contributed by atoms with Crippen LogP contribution in [0.4, 0.5) is 13.2 Å². The number of aromatic nitrogens is 15. The van der Waals surface area contributed by atoms with Crippen LogP contribution in [0.25, 0.3) is 113 Å². The van der Waals surface area contributed by atoms with Crippen molar-refractivity contribution in [3.63, 3.8) is 0 Å². The molecular formula is C96H98F3Ir5N16Si-5. The van der Waals surface area contributed by atoms with Crippen molar-refractivity contribution in [3.05, 3.63) is 292 Å². The van der Waals surface area contributed by atoms with Gasteiger partial charge < -0.3 is 0 Å². The van der Waals surface area contributed by atoms with Crippen LogP contribution in [0.3, 0.4) is 0 Å². The van der Waals surface area contributed by atoms with Crippen molar-refractivity contribution >= 4 is 13.3 Å². The van der Waals surface area contributed by atoms with Crippen LogP contribution in [-0.2, 0) is 136 Å². The van der Waals surface area contributed by atoms with E-state index < -0.39 is 19.7 Å². The third-order valence-electron chi connectivity index (χ3n) is 20.7. The maximum atomic E-state index is 14.6. The van der Waals surface area contributed by atoms with Gasteiger partial charge in [-0.2, -0.15) is 25.5 Å². The van der Waals surface area contributed by atoms with Gasteiger partial charge in [0.15, 0.2) is 0 Å². The second kappa shape index (κ2) is 44.1. The molecule has 0 atom stereocenters. The number of nitriles is 1. The average molecular weight is 2520 g/mol. The molecule has 0 saturated heterocycles. The molecule has 5 heterocycles. The monoisotopic (exact) mass is 2520 g/mol. The van der Waals surface area contributed by atoms with Gasteiger partial charge >= 0.3 is 0 Å². The second-order valence-electron chi connectivity index (χ2n) is 31.1. The van der Waals surface area contributed by atoms with Crippen molar-refractivity contribution in [2.75, 3.05) is 0 Å². The van der Waals surface area contributed by atoms with Gasteiger partial charge in [0.05, 0.1) is 34.9 Å². The zero-order valence-electron chi connectivity index (χ0n) is 71.9. The third kappa shape index (κ3) is 22.9. The number of rotatable bonds is 14. The van der Waals surface area contributed by atoms with Crippen LogP contribution in [0.15, 0.2) is 177 Å².